The lowest BCUT2D eigenvalue weighted by atomic mass is 10.4. The number of hydrogen-bond donors (Lipinski definition) is 0. The fourth-order valence-corrected chi connectivity index (χ4v) is 15.3. The van der Waals surface area contributed by atoms with E-state index in [4.69, 9.17) is 8.85 Å². The molecule has 0 N–H and O–H groups in total. The van der Waals surface area contributed by atoms with Gasteiger partial charge in [-0.3, -0.25) is 4.90 Å². The van der Waals surface area contributed by atoms with Crippen LogP contribution in [0.1, 0.15) is 55.4 Å². The SMILES string of the molecule is CCO[Si](C)(CN1CCN([Si](C(C)C)(C(C)C)C(C)C)CC1)OCC. The zero-order valence-corrected chi connectivity index (χ0v) is 20.4. The summed E-state index contributed by atoms with van der Waals surface area (Å²) in [5.41, 5.74) is 2.39. The van der Waals surface area contributed by atoms with Crippen molar-refractivity contribution in [2.45, 2.75) is 78.6 Å². The van der Waals surface area contributed by atoms with Crippen LogP contribution in [0.5, 0.6) is 0 Å². The van der Waals surface area contributed by atoms with Crippen molar-refractivity contribution in [3.05, 3.63) is 0 Å². The zero-order valence-electron chi connectivity index (χ0n) is 18.4. The Morgan fingerprint density at radius 1 is 0.760 bits per heavy atom. The van der Waals surface area contributed by atoms with Gasteiger partial charge in [0.1, 0.15) is 8.24 Å². The van der Waals surface area contributed by atoms with E-state index in [1.54, 1.807) is 0 Å². The van der Waals surface area contributed by atoms with E-state index >= 15 is 0 Å². The lowest BCUT2D eigenvalue weighted by Crippen LogP contribution is -2.66. The summed E-state index contributed by atoms with van der Waals surface area (Å²) < 4.78 is 15.0. The monoisotopic (exact) mass is 388 g/mol. The summed E-state index contributed by atoms with van der Waals surface area (Å²) in [5.74, 6) is 0. The van der Waals surface area contributed by atoms with Crippen molar-refractivity contribution in [3.8, 4) is 0 Å². The van der Waals surface area contributed by atoms with Gasteiger partial charge < -0.3 is 13.4 Å². The minimum atomic E-state index is -2.05. The molecular formula is C19H44N2O2Si2. The fraction of sp³-hybridized carbons (Fsp3) is 1.00. The molecule has 1 fully saturated rings. The maximum Gasteiger partial charge on any atom is 0.349 e. The van der Waals surface area contributed by atoms with E-state index in [0.717, 1.165) is 49.1 Å². The molecule has 0 radical (unpaired) electrons. The Bertz CT molecular complexity index is 356. The normalized spacial score (nSPS) is 18.7. The Morgan fingerprint density at radius 3 is 1.48 bits per heavy atom. The van der Waals surface area contributed by atoms with Gasteiger partial charge in [-0.2, -0.15) is 0 Å². The van der Waals surface area contributed by atoms with Crippen LogP contribution in [0, 0.1) is 0 Å². The lowest BCUT2D eigenvalue weighted by Gasteiger charge is -2.54. The first-order valence-electron chi connectivity index (χ1n) is 10.4. The second-order valence-electron chi connectivity index (χ2n) is 8.61. The second-order valence-corrected chi connectivity index (χ2v) is 17.6. The quantitative estimate of drug-likeness (QED) is 0.516. The van der Waals surface area contributed by atoms with Gasteiger partial charge in [-0.1, -0.05) is 41.5 Å². The van der Waals surface area contributed by atoms with E-state index in [-0.39, 0.29) is 0 Å². The van der Waals surface area contributed by atoms with E-state index in [0.29, 0.717) is 0 Å². The van der Waals surface area contributed by atoms with Gasteiger partial charge in [0.25, 0.3) is 0 Å². The van der Waals surface area contributed by atoms with Crippen molar-refractivity contribution in [2.24, 2.45) is 0 Å². The Morgan fingerprint density at radius 2 is 1.16 bits per heavy atom. The molecule has 1 heterocycles. The maximum atomic E-state index is 6.05. The highest BCUT2D eigenvalue weighted by molar-refractivity contribution is 6.81. The smallest absolute Gasteiger partial charge is 0.349 e. The Balaban J connectivity index is 2.79. The van der Waals surface area contributed by atoms with Crippen molar-refractivity contribution in [3.63, 3.8) is 0 Å². The number of hydrogen-bond acceptors (Lipinski definition) is 4. The maximum absolute atomic E-state index is 6.05. The first kappa shape index (κ1) is 23.3. The molecule has 0 aromatic carbocycles. The van der Waals surface area contributed by atoms with Crippen LogP contribution in [0.15, 0.2) is 0 Å². The summed E-state index contributed by atoms with van der Waals surface area (Å²) in [5, 5.41) is 0. The Kier molecular flexibility index (Phi) is 9.32. The summed E-state index contributed by atoms with van der Waals surface area (Å²) in [7, 11) is -3.54. The molecule has 0 bridgehead atoms. The Labute approximate surface area is 159 Å². The van der Waals surface area contributed by atoms with E-state index < -0.39 is 16.8 Å². The van der Waals surface area contributed by atoms with Gasteiger partial charge in [0, 0.05) is 45.6 Å². The van der Waals surface area contributed by atoms with Gasteiger partial charge >= 0.3 is 8.56 Å². The van der Waals surface area contributed by atoms with E-state index in [1.165, 1.54) is 13.1 Å². The third kappa shape index (κ3) is 5.39. The zero-order chi connectivity index (χ0) is 19.3. The van der Waals surface area contributed by atoms with Gasteiger partial charge in [-0.05, 0) is 37.0 Å². The summed E-state index contributed by atoms with van der Waals surface area (Å²) >= 11 is 0. The average Bonchev–Trinajstić information content (AvgIpc) is 2.48. The predicted octanol–water partition coefficient (Wildman–Crippen LogP) is 4.46. The minimum absolute atomic E-state index is 0.757. The molecule has 150 valence electrons. The van der Waals surface area contributed by atoms with Crippen LogP contribution in [-0.4, -0.2) is 71.8 Å². The molecule has 0 atom stereocenters. The van der Waals surface area contributed by atoms with Crippen molar-refractivity contribution < 1.29 is 8.85 Å². The largest absolute Gasteiger partial charge is 0.394 e. The summed E-state index contributed by atoms with van der Waals surface area (Å²) in [4.78, 5) is 2.59. The molecule has 0 aromatic rings. The van der Waals surface area contributed by atoms with Crippen LogP contribution in [0.3, 0.4) is 0 Å². The highest BCUT2D eigenvalue weighted by Gasteiger charge is 2.49. The van der Waals surface area contributed by atoms with Crippen LogP contribution in [0.4, 0.5) is 0 Å². The highest BCUT2D eigenvalue weighted by atomic mass is 28.4. The molecule has 0 saturated carbocycles. The summed E-state index contributed by atoms with van der Waals surface area (Å²) in [6, 6.07) is 0. The third-order valence-electron chi connectivity index (χ3n) is 6.10. The molecule has 0 unspecified atom stereocenters. The van der Waals surface area contributed by atoms with Crippen molar-refractivity contribution in [2.75, 3.05) is 45.6 Å². The molecule has 1 rings (SSSR count). The minimum Gasteiger partial charge on any atom is -0.394 e. The van der Waals surface area contributed by atoms with E-state index in [2.05, 4.69) is 71.4 Å². The van der Waals surface area contributed by atoms with Gasteiger partial charge in [0.2, 0.25) is 0 Å². The molecule has 0 amide bonds. The van der Waals surface area contributed by atoms with E-state index in [9.17, 15) is 0 Å². The van der Waals surface area contributed by atoms with Crippen molar-refractivity contribution in [1.29, 1.82) is 0 Å². The van der Waals surface area contributed by atoms with Gasteiger partial charge in [-0.15, -0.1) is 0 Å². The number of rotatable bonds is 10. The molecule has 1 saturated heterocycles. The molecule has 25 heavy (non-hydrogen) atoms. The molecule has 1 aliphatic heterocycles. The Hall–Kier alpha value is 0.274. The second kappa shape index (κ2) is 9.99. The number of piperazine rings is 1. The standard InChI is InChI=1S/C19H44N2O2Si2/c1-10-22-24(9,23-11-2)16-20-12-14-21(15-13-20)25(17(3)4,18(5)6)19(7)8/h17-19H,10-16H2,1-9H3. The first-order chi connectivity index (χ1) is 11.6. The van der Waals surface area contributed by atoms with Crippen LogP contribution in [0.2, 0.25) is 23.2 Å². The highest BCUT2D eigenvalue weighted by Crippen LogP contribution is 2.44. The lowest BCUT2D eigenvalue weighted by molar-refractivity contribution is 0.142. The van der Waals surface area contributed by atoms with Crippen LogP contribution < -0.4 is 0 Å². The number of nitrogens with zero attached hydrogens (tertiary/aromatic N) is 2. The van der Waals surface area contributed by atoms with E-state index in [1.807, 2.05) is 0 Å². The fourth-order valence-electron chi connectivity index (χ4n) is 5.54. The van der Waals surface area contributed by atoms with Crippen LogP contribution in [-0.2, 0) is 8.85 Å². The van der Waals surface area contributed by atoms with Gasteiger partial charge in [0.15, 0.2) is 0 Å². The molecule has 0 aromatic heterocycles. The molecular weight excluding hydrogens is 344 g/mol. The molecule has 6 heteroatoms. The van der Waals surface area contributed by atoms with Crippen LogP contribution in [0.25, 0.3) is 0 Å². The average molecular weight is 389 g/mol. The topological polar surface area (TPSA) is 24.9 Å². The van der Waals surface area contributed by atoms with Gasteiger partial charge in [-0.25, -0.2) is 0 Å². The summed E-state index contributed by atoms with van der Waals surface area (Å²) in [6.07, 6.45) is 1.00. The predicted molar refractivity (Wildman–Crippen MR) is 114 cm³/mol. The molecule has 4 nitrogen and oxygen atoms in total. The first-order valence-corrected chi connectivity index (χ1v) is 15.1. The molecule has 0 spiro atoms. The molecule has 1 aliphatic rings. The van der Waals surface area contributed by atoms with Crippen molar-refractivity contribution in [1.82, 2.24) is 9.47 Å². The van der Waals surface area contributed by atoms with Gasteiger partial charge in [0.05, 0.1) is 0 Å². The van der Waals surface area contributed by atoms with Crippen molar-refractivity contribution >= 4 is 16.8 Å². The molecule has 0 aliphatic carbocycles. The van der Waals surface area contributed by atoms with Crippen LogP contribution >= 0.6 is 0 Å². The third-order valence-corrected chi connectivity index (χ3v) is 16.0. The summed E-state index contributed by atoms with van der Waals surface area (Å²) in [6.45, 7) is 27.4.